The summed E-state index contributed by atoms with van der Waals surface area (Å²) in [4.78, 5) is 35.9. The van der Waals surface area contributed by atoms with Crippen molar-refractivity contribution in [3.63, 3.8) is 0 Å². The first-order valence-electron chi connectivity index (χ1n) is 12.4. The molecule has 5 rings (SSSR count). The van der Waals surface area contributed by atoms with Crippen molar-refractivity contribution >= 4 is 17.6 Å². The summed E-state index contributed by atoms with van der Waals surface area (Å²) in [6.07, 6.45) is 0.843. The number of carboxylic acid groups (broad SMARTS) is 1. The lowest BCUT2D eigenvalue weighted by atomic mass is 9.88. The molecule has 3 aromatic heterocycles. The van der Waals surface area contributed by atoms with E-state index in [1.54, 1.807) is 0 Å². The van der Waals surface area contributed by atoms with Crippen molar-refractivity contribution < 1.29 is 27.9 Å². The van der Waals surface area contributed by atoms with E-state index in [9.17, 15) is 18.0 Å². The summed E-state index contributed by atoms with van der Waals surface area (Å²) in [7, 11) is 0. The molecule has 8 nitrogen and oxygen atoms in total. The lowest BCUT2D eigenvalue weighted by molar-refractivity contribution is -0.192. The summed E-state index contributed by atoms with van der Waals surface area (Å²) in [5, 5.41) is 7.12. The van der Waals surface area contributed by atoms with E-state index in [1.165, 1.54) is 5.69 Å². The number of likely N-dealkylation sites (tertiary alicyclic amines) is 1. The maximum atomic E-state index is 13.3. The fourth-order valence-electron chi connectivity index (χ4n) is 5.04. The van der Waals surface area contributed by atoms with Crippen LogP contribution in [0.3, 0.4) is 0 Å². The van der Waals surface area contributed by atoms with E-state index in [0.29, 0.717) is 24.7 Å². The van der Waals surface area contributed by atoms with Crippen molar-refractivity contribution in [3.05, 3.63) is 71.9 Å². The van der Waals surface area contributed by atoms with Crippen LogP contribution in [0.2, 0.25) is 0 Å². The van der Waals surface area contributed by atoms with E-state index < -0.39 is 12.1 Å². The number of aryl methyl sites for hydroxylation is 1. The van der Waals surface area contributed by atoms with Crippen LogP contribution in [-0.2, 0) is 10.3 Å². The van der Waals surface area contributed by atoms with Crippen LogP contribution in [0, 0.1) is 12.8 Å². The molecule has 1 unspecified atom stereocenters. The first-order chi connectivity index (χ1) is 17.9. The second-order valence-electron chi connectivity index (χ2n) is 9.92. The Labute approximate surface area is 218 Å². The van der Waals surface area contributed by atoms with Gasteiger partial charge in [0.05, 0.1) is 11.4 Å². The molecule has 3 aromatic rings. The second-order valence-corrected chi connectivity index (χ2v) is 9.92. The van der Waals surface area contributed by atoms with Gasteiger partial charge in [0.15, 0.2) is 5.82 Å². The van der Waals surface area contributed by atoms with Gasteiger partial charge in [0.1, 0.15) is 11.2 Å². The summed E-state index contributed by atoms with van der Waals surface area (Å²) in [6, 6.07) is 14.1. The molecule has 2 aliphatic rings. The Balaban J connectivity index is 0.000000426. The van der Waals surface area contributed by atoms with Crippen LogP contribution in [0.5, 0.6) is 0 Å². The number of amides is 1. The third-order valence-corrected chi connectivity index (χ3v) is 6.84. The smallest absolute Gasteiger partial charge is 0.475 e. The van der Waals surface area contributed by atoms with Crippen LogP contribution in [0.1, 0.15) is 48.6 Å². The number of nitrogens with zero attached hydrogens (tertiary/aromatic N) is 5. The molecule has 0 radical (unpaired) electrons. The molecule has 0 bridgehead atoms. The monoisotopic (exact) mass is 529 g/mol. The molecule has 1 saturated heterocycles. The SMILES string of the molecule is Cc1cccc(C(=O)N2CCC3(C2)c2cccn2-c2ncccc2N3CCC(C)C)n1.O=C(O)C(F)(F)F. The topological polar surface area (TPSA) is 91.6 Å². The summed E-state index contributed by atoms with van der Waals surface area (Å²) in [5.74, 6) is -1.17. The number of rotatable bonds is 4. The van der Waals surface area contributed by atoms with Crippen molar-refractivity contribution in [2.24, 2.45) is 5.92 Å². The van der Waals surface area contributed by atoms with E-state index in [-0.39, 0.29) is 11.4 Å². The van der Waals surface area contributed by atoms with Crippen LogP contribution in [0.4, 0.5) is 18.9 Å². The molecule has 1 N–H and O–H groups in total. The van der Waals surface area contributed by atoms with Crippen LogP contribution in [-0.4, -0.2) is 62.2 Å². The fourth-order valence-corrected chi connectivity index (χ4v) is 5.04. The Hall–Kier alpha value is -3.89. The lowest BCUT2D eigenvalue weighted by Gasteiger charge is -2.47. The summed E-state index contributed by atoms with van der Waals surface area (Å²) >= 11 is 0. The van der Waals surface area contributed by atoms with Crippen LogP contribution in [0.25, 0.3) is 5.82 Å². The number of carboxylic acids is 1. The van der Waals surface area contributed by atoms with Crippen LogP contribution >= 0.6 is 0 Å². The Kier molecular flexibility index (Phi) is 7.48. The van der Waals surface area contributed by atoms with Gasteiger partial charge in [0.2, 0.25) is 0 Å². The molecule has 2 aliphatic heterocycles. The van der Waals surface area contributed by atoms with Crippen molar-refractivity contribution in [2.75, 3.05) is 24.5 Å². The maximum absolute atomic E-state index is 13.3. The molecule has 1 atom stereocenters. The number of fused-ring (bicyclic) bond motifs is 4. The molecule has 1 amide bonds. The zero-order chi connectivity index (χ0) is 27.7. The summed E-state index contributed by atoms with van der Waals surface area (Å²) in [6.45, 7) is 8.75. The fraction of sp³-hybridized carbons (Fsp3) is 0.407. The highest BCUT2D eigenvalue weighted by molar-refractivity contribution is 5.92. The van der Waals surface area contributed by atoms with Gasteiger partial charge in [0, 0.05) is 37.7 Å². The summed E-state index contributed by atoms with van der Waals surface area (Å²) < 4.78 is 33.9. The minimum atomic E-state index is -5.08. The predicted molar refractivity (Wildman–Crippen MR) is 135 cm³/mol. The number of aliphatic carboxylic acids is 1. The number of anilines is 1. The highest BCUT2D eigenvalue weighted by Gasteiger charge is 2.50. The molecular formula is C27H30F3N5O3. The minimum absolute atomic E-state index is 0.0134. The largest absolute Gasteiger partial charge is 0.490 e. The molecule has 5 heterocycles. The average Bonchev–Trinajstić information content (AvgIpc) is 3.52. The Bertz CT molecular complexity index is 1320. The van der Waals surface area contributed by atoms with E-state index in [4.69, 9.17) is 14.9 Å². The predicted octanol–water partition coefficient (Wildman–Crippen LogP) is 4.82. The number of hydrogen-bond donors (Lipinski definition) is 1. The average molecular weight is 530 g/mol. The second kappa shape index (κ2) is 10.5. The molecular weight excluding hydrogens is 499 g/mol. The van der Waals surface area contributed by atoms with Gasteiger partial charge in [-0.2, -0.15) is 13.2 Å². The number of aromatic nitrogens is 3. The molecule has 0 aromatic carbocycles. The van der Waals surface area contributed by atoms with E-state index >= 15 is 0 Å². The van der Waals surface area contributed by atoms with Gasteiger partial charge in [-0.05, 0) is 62.1 Å². The van der Waals surface area contributed by atoms with Gasteiger partial charge < -0.3 is 19.5 Å². The zero-order valence-electron chi connectivity index (χ0n) is 21.4. The van der Waals surface area contributed by atoms with Crippen molar-refractivity contribution in [2.45, 2.75) is 45.3 Å². The number of alkyl halides is 3. The zero-order valence-corrected chi connectivity index (χ0v) is 21.4. The summed E-state index contributed by atoms with van der Waals surface area (Å²) in [5.41, 5.74) is 3.50. The Morgan fingerprint density at radius 1 is 1.13 bits per heavy atom. The van der Waals surface area contributed by atoms with Gasteiger partial charge in [-0.1, -0.05) is 19.9 Å². The molecule has 202 valence electrons. The normalized spacial score (nSPS) is 18.2. The third-order valence-electron chi connectivity index (χ3n) is 6.84. The molecule has 1 fully saturated rings. The first-order valence-corrected chi connectivity index (χ1v) is 12.4. The molecule has 11 heteroatoms. The van der Waals surface area contributed by atoms with E-state index in [1.807, 2.05) is 42.3 Å². The van der Waals surface area contributed by atoms with Gasteiger partial charge in [0.25, 0.3) is 5.91 Å². The number of carbonyl (C=O) groups is 2. The standard InChI is InChI=1S/C25H29N5O.C2HF3O2/c1-18(2)11-15-30-21-9-5-13-26-23(21)29-14-6-10-22(29)25(30)12-16-28(17-25)24(31)20-8-4-7-19(3)27-20;3-2(4,5)1(6)7/h4-10,13-14,18H,11-12,15-17H2,1-3H3;(H,6,7). The van der Waals surface area contributed by atoms with Crippen LogP contribution in [0.15, 0.2) is 54.9 Å². The highest BCUT2D eigenvalue weighted by Crippen LogP contribution is 2.47. The van der Waals surface area contributed by atoms with Gasteiger partial charge >= 0.3 is 12.1 Å². The van der Waals surface area contributed by atoms with Crippen LogP contribution < -0.4 is 4.90 Å². The Morgan fingerprint density at radius 3 is 2.53 bits per heavy atom. The quantitative estimate of drug-likeness (QED) is 0.521. The molecule has 1 spiro atoms. The van der Waals surface area contributed by atoms with Gasteiger partial charge in [-0.25, -0.2) is 14.8 Å². The minimum Gasteiger partial charge on any atom is -0.475 e. The molecule has 0 saturated carbocycles. The van der Waals surface area contributed by atoms with Crippen molar-refractivity contribution in [1.82, 2.24) is 19.4 Å². The van der Waals surface area contributed by atoms with Gasteiger partial charge in [-0.3, -0.25) is 4.79 Å². The molecule has 38 heavy (non-hydrogen) atoms. The number of halogens is 3. The van der Waals surface area contributed by atoms with Crippen molar-refractivity contribution in [1.29, 1.82) is 0 Å². The third kappa shape index (κ3) is 5.23. The highest BCUT2D eigenvalue weighted by atomic mass is 19.4. The van der Waals surface area contributed by atoms with E-state index in [0.717, 1.165) is 36.6 Å². The van der Waals surface area contributed by atoms with Crippen molar-refractivity contribution in [3.8, 4) is 5.82 Å². The van der Waals surface area contributed by atoms with E-state index in [2.05, 4.69) is 52.7 Å². The number of pyridine rings is 2. The number of hydrogen-bond acceptors (Lipinski definition) is 5. The lowest BCUT2D eigenvalue weighted by Crippen LogP contribution is -2.53. The Morgan fingerprint density at radius 2 is 1.87 bits per heavy atom. The molecule has 0 aliphatic carbocycles. The van der Waals surface area contributed by atoms with Gasteiger partial charge in [-0.15, -0.1) is 0 Å². The maximum Gasteiger partial charge on any atom is 0.490 e. The first kappa shape index (κ1) is 27.2. The number of carbonyl (C=O) groups excluding carboxylic acids is 1.